The first-order valence-corrected chi connectivity index (χ1v) is 9.59. The highest BCUT2D eigenvalue weighted by Gasteiger charge is 2.55. The van der Waals surface area contributed by atoms with Crippen molar-refractivity contribution < 1.29 is 4.74 Å². The Kier molecular flexibility index (Phi) is 3.53. The Hall–Kier alpha value is -2.00. The number of fused-ring (bicyclic) bond motifs is 2. The smallest absolute Gasteiger partial charge is 0.123 e. The van der Waals surface area contributed by atoms with E-state index in [1.807, 2.05) is 6.07 Å². The fourth-order valence-electron chi connectivity index (χ4n) is 5.37. The lowest BCUT2D eigenvalue weighted by molar-refractivity contribution is -0.00577. The summed E-state index contributed by atoms with van der Waals surface area (Å²) in [7, 11) is 0. The van der Waals surface area contributed by atoms with Gasteiger partial charge in [0, 0.05) is 29.3 Å². The molecule has 1 spiro atoms. The molecular formula is C22H26N2O. The highest BCUT2D eigenvalue weighted by molar-refractivity contribution is 5.54. The van der Waals surface area contributed by atoms with Crippen LogP contribution in [0.5, 0.6) is 5.75 Å². The van der Waals surface area contributed by atoms with Crippen molar-refractivity contribution in [2.75, 3.05) is 18.8 Å². The van der Waals surface area contributed by atoms with E-state index in [9.17, 15) is 0 Å². The Balaban J connectivity index is 1.35. The van der Waals surface area contributed by atoms with Gasteiger partial charge in [0.2, 0.25) is 0 Å². The molecule has 2 bridgehead atoms. The van der Waals surface area contributed by atoms with Crippen LogP contribution in [0, 0.1) is 0 Å². The average Bonchev–Trinajstić information content (AvgIpc) is 2.94. The maximum absolute atomic E-state index is 6.33. The predicted molar refractivity (Wildman–Crippen MR) is 101 cm³/mol. The lowest BCUT2D eigenvalue weighted by Gasteiger charge is -2.51. The zero-order chi connectivity index (χ0) is 16.9. The normalized spacial score (nSPS) is 30.4. The predicted octanol–water partition coefficient (Wildman–Crippen LogP) is 3.77. The van der Waals surface area contributed by atoms with Gasteiger partial charge in [0.1, 0.15) is 11.9 Å². The first-order chi connectivity index (χ1) is 12.2. The fourth-order valence-corrected chi connectivity index (χ4v) is 5.37. The molecule has 2 fully saturated rings. The monoisotopic (exact) mass is 334 g/mol. The molecular weight excluding hydrogens is 308 g/mol. The Morgan fingerprint density at radius 2 is 2.00 bits per heavy atom. The largest absolute Gasteiger partial charge is 0.489 e. The third kappa shape index (κ3) is 2.44. The van der Waals surface area contributed by atoms with Crippen LogP contribution in [-0.4, -0.2) is 30.1 Å². The lowest BCUT2D eigenvalue weighted by Crippen LogP contribution is -2.57. The Bertz CT molecular complexity index is 775. The van der Waals surface area contributed by atoms with Crippen LogP contribution in [0.25, 0.3) is 0 Å². The van der Waals surface area contributed by atoms with Crippen LogP contribution in [0.2, 0.25) is 0 Å². The molecule has 25 heavy (non-hydrogen) atoms. The number of ether oxygens (including phenoxy) is 1. The van der Waals surface area contributed by atoms with E-state index in [4.69, 9.17) is 10.5 Å². The highest BCUT2D eigenvalue weighted by atomic mass is 16.5. The van der Waals surface area contributed by atoms with E-state index < -0.39 is 0 Å². The van der Waals surface area contributed by atoms with Crippen molar-refractivity contribution in [2.24, 2.45) is 0 Å². The van der Waals surface area contributed by atoms with Gasteiger partial charge in [-0.2, -0.15) is 0 Å². The summed E-state index contributed by atoms with van der Waals surface area (Å²) in [5.74, 6) is 1.08. The number of piperidine rings is 1. The number of nitrogens with zero attached hydrogens (tertiary/aromatic N) is 1. The van der Waals surface area contributed by atoms with Gasteiger partial charge in [-0.1, -0.05) is 30.3 Å². The molecule has 1 saturated carbocycles. The van der Waals surface area contributed by atoms with E-state index in [2.05, 4.69) is 47.4 Å². The van der Waals surface area contributed by atoms with Crippen molar-refractivity contribution in [3.05, 3.63) is 59.7 Å². The fraction of sp³-hybridized carbons (Fsp3) is 0.455. The lowest BCUT2D eigenvalue weighted by atomic mass is 9.62. The average molecular weight is 334 g/mol. The second kappa shape index (κ2) is 5.77. The number of benzene rings is 2. The SMILES string of the molecule is Nc1ccc2c(c1)[C@@]13CCN(CCc4ccccc4)[C@H](CC[C@H]1O2)C3. The molecule has 5 rings (SSSR count). The summed E-state index contributed by atoms with van der Waals surface area (Å²) in [5, 5.41) is 0. The molecule has 2 N–H and O–H groups in total. The Morgan fingerprint density at radius 1 is 1.12 bits per heavy atom. The third-order valence-electron chi connectivity index (χ3n) is 6.68. The third-order valence-corrected chi connectivity index (χ3v) is 6.68. The van der Waals surface area contributed by atoms with Gasteiger partial charge in [0.05, 0.1) is 0 Å². The molecule has 2 aromatic carbocycles. The summed E-state index contributed by atoms with van der Waals surface area (Å²) < 4.78 is 6.33. The molecule has 1 saturated heterocycles. The van der Waals surface area contributed by atoms with Crippen molar-refractivity contribution in [1.29, 1.82) is 0 Å². The van der Waals surface area contributed by atoms with Crippen molar-refractivity contribution in [2.45, 2.75) is 49.7 Å². The van der Waals surface area contributed by atoms with Crippen LogP contribution < -0.4 is 10.5 Å². The van der Waals surface area contributed by atoms with Gasteiger partial charge in [0.25, 0.3) is 0 Å². The van der Waals surface area contributed by atoms with E-state index in [1.54, 1.807) is 0 Å². The molecule has 0 radical (unpaired) electrons. The standard InChI is InChI=1S/C22H26N2O/c23-17-6-8-20-19(14-17)22-11-13-24(12-10-16-4-2-1-3-5-16)18(15-22)7-9-21(22)25-20/h1-6,8,14,18,21H,7,9-13,15,23H2/t18-,21-,22+/m1/s1. The van der Waals surface area contributed by atoms with E-state index in [-0.39, 0.29) is 5.41 Å². The van der Waals surface area contributed by atoms with Crippen LogP contribution in [0.15, 0.2) is 48.5 Å². The zero-order valence-electron chi connectivity index (χ0n) is 14.7. The summed E-state index contributed by atoms with van der Waals surface area (Å²) in [6, 6.07) is 17.8. The number of hydrogen-bond acceptors (Lipinski definition) is 3. The molecule has 2 aromatic rings. The topological polar surface area (TPSA) is 38.5 Å². The minimum Gasteiger partial charge on any atom is -0.489 e. The van der Waals surface area contributed by atoms with Crippen molar-refractivity contribution >= 4 is 5.69 Å². The minimum absolute atomic E-state index is 0.205. The molecule has 130 valence electrons. The molecule has 2 heterocycles. The van der Waals surface area contributed by atoms with Crippen LogP contribution in [0.3, 0.4) is 0 Å². The molecule has 0 unspecified atom stereocenters. The summed E-state index contributed by atoms with van der Waals surface area (Å²) in [6.45, 7) is 2.34. The number of nitrogen functional groups attached to an aromatic ring is 1. The second-order valence-electron chi connectivity index (χ2n) is 7.98. The molecule has 1 aliphatic carbocycles. The van der Waals surface area contributed by atoms with E-state index in [0.717, 1.165) is 17.9 Å². The summed E-state index contributed by atoms with van der Waals surface area (Å²) in [5.41, 5.74) is 9.99. The van der Waals surface area contributed by atoms with Gasteiger partial charge in [-0.15, -0.1) is 0 Å². The molecule has 2 aliphatic heterocycles. The molecule has 3 heteroatoms. The van der Waals surface area contributed by atoms with Crippen LogP contribution in [-0.2, 0) is 11.8 Å². The van der Waals surface area contributed by atoms with Crippen molar-refractivity contribution in [3.8, 4) is 5.75 Å². The van der Waals surface area contributed by atoms with Gasteiger partial charge in [0.15, 0.2) is 0 Å². The number of anilines is 1. The van der Waals surface area contributed by atoms with E-state index >= 15 is 0 Å². The number of nitrogens with two attached hydrogens (primary N) is 1. The Labute approximate surface area is 149 Å². The number of hydrogen-bond donors (Lipinski definition) is 1. The molecule has 0 aromatic heterocycles. The van der Waals surface area contributed by atoms with Gasteiger partial charge in [-0.3, -0.25) is 4.90 Å². The van der Waals surface area contributed by atoms with Crippen LogP contribution in [0.1, 0.15) is 36.8 Å². The van der Waals surface area contributed by atoms with E-state index in [0.29, 0.717) is 12.1 Å². The molecule has 3 atom stereocenters. The quantitative estimate of drug-likeness (QED) is 0.869. The molecule has 3 aliphatic rings. The second-order valence-corrected chi connectivity index (χ2v) is 7.98. The van der Waals surface area contributed by atoms with Gasteiger partial charge < -0.3 is 10.5 Å². The molecule has 0 amide bonds. The zero-order valence-corrected chi connectivity index (χ0v) is 14.7. The summed E-state index contributed by atoms with van der Waals surface area (Å²) in [6.07, 6.45) is 6.35. The number of likely N-dealkylation sites (tertiary alicyclic amines) is 1. The van der Waals surface area contributed by atoms with Crippen molar-refractivity contribution in [1.82, 2.24) is 4.90 Å². The summed E-state index contributed by atoms with van der Waals surface area (Å²) >= 11 is 0. The first-order valence-electron chi connectivity index (χ1n) is 9.59. The summed E-state index contributed by atoms with van der Waals surface area (Å²) in [4.78, 5) is 2.72. The van der Waals surface area contributed by atoms with E-state index in [1.165, 1.54) is 49.9 Å². The Morgan fingerprint density at radius 3 is 2.88 bits per heavy atom. The molecule has 3 nitrogen and oxygen atoms in total. The number of rotatable bonds is 3. The van der Waals surface area contributed by atoms with Gasteiger partial charge in [-0.05, 0) is 62.4 Å². The maximum Gasteiger partial charge on any atom is 0.123 e. The van der Waals surface area contributed by atoms with Crippen molar-refractivity contribution in [3.63, 3.8) is 0 Å². The highest BCUT2D eigenvalue weighted by Crippen LogP contribution is 2.55. The maximum atomic E-state index is 6.33. The van der Waals surface area contributed by atoms with Crippen LogP contribution in [0.4, 0.5) is 5.69 Å². The van der Waals surface area contributed by atoms with Crippen LogP contribution >= 0.6 is 0 Å². The van der Waals surface area contributed by atoms with Gasteiger partial charge in [-0.25, -0.2) is 0 Å². The minimum atomic E-state index is 0.205. The first kappa shape index (κ1) is 15.3. The van der Waals surface area contributed by atoms with Gasteiger partial charge >= 0.3 is 0 Å².